The Hall–Kier alpha value is -1.55. The van der Waals surface area contributed by atoms with Gasteiger partial charge in [-0.15, -0.1) is 0 Å². The van der Waals surface area contributed by atoms with Gasteiger partial charge in [0, 0.05) is 25.4 Å². The zero-order valence-electron chi connectivity index (χ0n) is 13.4. The number of benzene rings is 1. The Balaban J connectivity index is 2.15. The van der Waals surface area contributed by atoms with Crippen LogP contribution in [0.25, 0.3) is 0 Å². The number of hydrogen-bond acceptors (Lipinski definition) is 2. The van der Waals surface area contributed by atoms with Crippen molar-refractivity contribution in [2.45, 2.75) is 40.0 Å². The third-order valence-electron chi connectivity index (χ3n) is 2.95. The Kier molecular flexibility index (Phi) is 8.51. The first-order valence-corrected chi connectivity index (χ1v) is 7.83. The van der Waals surface area contributed by atoms with Crippen LogP contribution in [0.1, 0.15) is 39.2 Å². The molecule has 0 aliphatic rings. The average Bonchev–Trinajstić information content (AvgIpc) is 2.45. The van der Waals surface area contributed by atoms with E-state index in [1.807, 2.05) is 12.1 Å². The predicted octanol–water partition coefficient (Wildman–Crippen LogP) is 3.82. The monoisotopic (exact) mass is 292 g/mol. The molecule has 2 amide bonds. The number of hydrogen-bond donors (Lipinski definition) is 2. The molecule has 1 aromatic carbocycles. The standard InChI is InChI=1S/C17H28N2O2/c1-4-6-15-7-9-16(10-8-15)19-17(20)18-11-5-12-21-13-14(2)3/h7-10,14H,4-6,11-13H2,1-3H3,(H2,18,19,20). The van der Waals surface area contributed by atoms with E-state index in [2.05, 4.69) is 43.5 Å². The summed E-state index contributed by atoms with van der Waals surface area (Å²) in [7, 11) is 0. The number of aryl methyl sites for hydroxylation is 1. The van der Waals surface area contributed by atoms with Crippen LogP contribution in [0.15, 0.2) is 24.3 Å². The molecule has 4 nitrogen and oxygen atoms in total. The Labute approximate surface area is 128 Å². The molecule has 2 N–H and O–H groups in total. The van der Waals surface area contributed by atoms with Gasteiger partial charge in [0.1, 0.15) is 0 Å². The summed E-state index contributed by atoms with van der Waals surface area (Å²) in [5.41, 5.74) is 2.12. The number of rotatable bonds is 9. The topological polar surface area (TPSA) is 50.4 Å². The first kappa shape index (κ1) is 17.5. The molecule has 0 unspecified atom stereocenters. The van der Waals surface area contributed by atoms with Crippen molar-refractivity contribution in [3.05, 3.63) is 29.8 Å². The van der Waals surface area contributed by atoms with Gasteiger partial charge >= 0.3 is 6.03 Å². The fourth-order valence-corrected chi connectivity index (χ4v) is 1.91. The molecule has 1 rings (SSSR count). The molecule has 0 saturated heterocycles. The first-order valence-electron chi connectivity index (χ1n) is 7.83. The number of carbonyl (C=O) groups excluding carboxylic acids is 1. The molecule has 4 heteroatoms. The lowest BCUT2D eigenvalue weighted by Gasteiger charge is -2.09. The van der Waals surface area contributed by atoms with Crippen LogP contribution in [0.4, 0.5) is 10.5 Å². The van der Waals surface area contributed by atoms with E-state index < -0.39 is 0 Å². The predicted molar refractivity (Wildman–Crippen MR) is 87.7 cm³/mol. The average molecular weight is 292 g/mol. The molecule has 118 valence electrons. The quantitative estimate of drug-likeness (QED) is 0.680. The van der Waals surface area contributed by atoms with Gasteiger partial charge in [-0.1, -0.05) is 39.3 Å². The van der Waals surface area contributed by atoms with Crippen molar-refractivity contribution in [2.24, 2.45) is 5.92 Å². The van der Waals surface area contributed by atoms with E-state index in [0.29, 0.717) is 19.1 Å². The fourth-order valence-electron chi connectivity index (χ4n) is 1.91. The number of carbonyl (C=O) groups is 1. The summed E-state index contributed by atoms with van der Waals surface area (Å²) in [6.45, 7) is 8.48. The molecule has 0 aliphatic heterocycles. The molecule has 0 aliphatic carbocycles. The van der Waals surface area contributed by atoms with E-state index in [9.17, 15) is 4.79 Å². The second kappa shape index (κ2) is 10.2. The van der Waals surface area contributed by atoms with Gasteiger partial charge in [-0.25, -0.2) is 4.79 Å². The largest absolute Gasteiger partial charge is 0.381 e. The van der Waals surface area contributed by atoms with E-state index in [0.717, 1.165) is 31.6 Å². The highest BCUT2D eigenvalue weighted by atomic mass is 16.5. The van der Waals surface area contributed by atoms with Crippen molar-refractivity contribution in [1.82, 2.24) is 5.32 Å². The van der Waals surface area contributed by atoms with Gasteiger partial charge in [0.15, 0.2) is 0 Å². The molecule has 21 heavy (non-hydrogen) atoms. The maximum absolute atomic E-state index is 11.7. The SMILES string of the molecule is CCCc1ccc(NC(=O)NCCCOCC(C)C)cc1. The van der Waals surface area contributed by atoms with Crippen molar-refractivity contribution in [3.8, 4) is 0 Å². The normalized spacial score (nSPS) is 10.7. The Morgan fingerprint density at radius 2 is 1.95 bits per heavy atom. The van der Waals surface area contributed by atoms with Crippen LogP contribution >= 0.6 is 0 Å². The van der Waals surface area contributed by atoms with Crippen molar-refractivity contribution < 1.29 is 9.53 Å². The maximum Gasteiger partial charge on any atom is 0.319 e. The van der Waals surface area contributed by atoms with Crippen LogP contribution in [0, 0.1) is 5.92 Å². The minimum atomic E-state index is -0.165. The summed E-state index contributed by atoms with van der Waals surface area (Å²) in [4.78, 5) is 11.7. The maximum atomic E-state index is 11.7. The summed E-state index contributed by atoms with van der Waals surface area (Å²) in [5.74, 6) is 0.553. The highest BCUT2D eigenvalue weighted by Crippen LogP contribution is 2.10. The van der Waals surface area contributed by atoms with Crippen LogP contribution in [-0.2, 0) is 11.2 Å². The molecule has 0 heterocycles. The molecular formula is C17H28N2O2. The van der Waals surface area contributed by atoms with Crippen molar-refractivity contribution in [3.63, 3.8) is 0 Å². The minimum Gasteiger partial charge on any atom is -0.381 e. The second-order valence-corrected chi connectivity index (χ2v) is 5.65. The fraction of sp³-hybridized carbons (Fsp3) is 0.588. The number of urea groups is 1. The summed E-state index contributed by atoms with van der Waals surface area (Å²) in [6, 6.07) is 7.83. The molecule has 0 spiro atoms. The molecule has 0 atom stereocenters. The first-order chi connectivity index (χ1) is 10.1. The molecule has 0 bridgehead atoms. The van der Waals surface area contributed by atoms with E-state index >= 15 is 0 Å². The molecule has 0 saturated carbocycles. The number of nitrogens with one attached hydrogen (secondary N) is 2. The molecule has 0 radical (unpaired) electrons. The lowest BCUT2D eigenvalue weighted by atomic mass is 10.1. The van der Waals surface area contributed by atoms with Crippen molar-refractivity contribution >= 4 is 11.7 Å². The molecular weight excluding hydrogens is 264 g/mol. The van der Waals surface area contributed by atoms with E-state index in [4.69, 9.17) is 4.74 Å². The van der Waals surface area contributed by atoms with Crippen LogP contribution in [-0.4, -0.2) is 25.8 Å². The smallest absolute Gasteiger partial charge is 0.319 e. The third-order valence-corrected chi connectivity index (χ3v) is 2.95. The van der Waals surface area contributed by atoms with Crippen molar-refractivity contribution in [2.75, 3.05) is 25.1 Å². The zero-order chi connectivity index (χ0) is 15.5. The number of amides is 2. The molecule has 1 aromatic rings. The third kappa shape index (κ3) is 8.35. The van der Waals surface area contributed by atoms with Gasteiger partial charge in [-0.2, -0.15) is 0 Å². The Bertz CT molecular complexity index is 402. The van der Waals surface area contributed by atoms with Gasteiger partial charge in [-0.3, -0.25) is 0 Å². The Morgan fingerprint density at radius 1 is 1.24 bits per heavy atom. The summed E-state index contributed by atoms with van der Waals surface area (Å²) in [5, 5.41) is 5.66. The lowest BCUT2D eigenvalue weighted by Crippen LogP contribution is -2.30. The van der Waals surface area contributed by atoms with Gasteiger partial charge in [-0.05, 0) is 36.5 Å². The van der Waals surface area contributed by atoms with Gasteiger partial charge in [0.25, 0.3) is 0 Å². The van der Waals surface area contributed by atoms with Gasteiger partial charge in [0.05, 0.1) is 0 Å². The number of ether oxygens (including phenoxy) is 1. The molecule has 0 aromatic heterocycles. The lowest BCUT2D eigenvalue weighted by molar-refractivity contribution is 0.108. The minimum absolute atomic E-state index is 0.165. The summed E-state index contributed by atoms with van der Waals surface area (Å²) < 4.78 is 5.46. The van der Waals surface area contributed by atoms with Crippen molar-refractivity contribution in [1.29, 1.82) is 0 Å². The molecule has 0 fully saturated rings. The van der Waals surface area contributed by atoms with Crippen LogP contribution in [0.2, 0.25) is 0 Å². The van der Waals surface area contributed by atoms with E-state index in [-0.39, 0.29) is 6.03 Å². The van der Waals surface area contributed by atoms with Crippen LogP contribution < -0.4 is 10.6 Å². The summed E-state index contributed by atoms with van der Waals surface area (Å²) >= 11 is 0. The summed E-state index contributed by atoms with van der Waals surface area (Å²) in [6.07, 6.45) is 3.03. The Morgan fingerprint density at radius 3 is 2.57 bits per heavy atom. The van der Waals surface area contributed by atoms with Gasteiger partial charge < -0.3 is 15.4 Å². The number of anilines is 1. The second-order valence-electron chi connectivity index (χ2n) is 5.65. The highest BCUT2D eigenvalue weighted by Gasteiger charge is 2.01. The van der Waals surface area contributed by atoms with Crippen LogP contribution in [0.3, 0.4) is 0 Å². The highest BCUT2D eigenvalue weighted by molar-refractivity contribution is 5.89. The van der Waals surface area contributed by atoms with E-state index in [1.54, 1.807) is 0 Å². The van der Waals surface area contributed by atoms with E-state index in [1.165, 1.54) is 5.56 Å². The van der Waals surface area contributed by atoms with Gasteiger partial charge in [0.2, 0.25) is 0 Å². The van der Waals surface area contributed by atoms with Crippen LogP contribution in [0.5, 0.6) is 0 Å². The zero-order valence-corrected chi connectivity index (χ0v) is 13.4.